The second kappa shape index (κ2) is 8.05. The zero-order chi connectivity index (χ0) is 18.5. The van der Waals surface area contributed by atoms with Crippen molar-refractivity contribution in [1.29, 1.82) is 5.26 Å². The molecule has 0 radical (unpaired) electrons. The average molecular weight is 381 g/mol. The smallest absolute Gasteiger partial charge is 0.262 e. The van der Waals surface area contributed by atoms with Gasteiger partial charge < -0.3 is 0 Å². The first-order valence-corrected chi connectivity index (χ1v) is 8.67. The van der Waals surface area contributed by atoms with Gasteiger partial charge in [-0.25, -0.2) is 0 Å². The number of benzene rings is 3. The van der Waals surface area contributed by atoms with Gasteiger partial charge in [0, 0.05) is 5.56 Å². The van der Waals surface area contributed by atoms with Gasteiger partial charge in [-0.2, -0.15) is 5.26 Å². The highest BCUT2D eigenvalue weighted by molar-refractivity contribution is 6.40. The van der Waals surface area contributed by atoms with Crippen LogP contribution in [0.15, 0.2) is 72.8 Å². The lowest BCUT2D eigenvalue weighted by molar-refractivity contribution is 0.0999. The van der Waals surface area contributed by atoms with Crippen molar-refractivity contribution in [2.45, 2.75) is 6.42 Å². The molecule has 0 heterocycles. The van der Waals surface area contributed by atoms with Crippen molar-refractivity contribution >= 4 is 40.5 Å². The predicted octanol–water partition coefficient (Wildman–Crippen LogP) is 6.04. The van der Waals surface area contributed by atoms with Crippen LogP contribution in [-0.4, -0.2) is 5.91 Å². The first-order valence-electron chi connectivity index (χ1n) is 7.92. The molecule has 0 fully saturated rings. The molecule has 0 aliphatic rings. The monoisotopic (exact) mass is 380 g/mol. The second-order valence-corrected chi connectivity index (χ2v) is 6.35. The molecule has 3 aromatic rings. The third-order valence-corrected chi connectivity index (χ3v) is 4.50. The molecule has 0 aliphatic heterocycles. The summed E-state index contributed by atoms with van der Waals surface area (Å²) in [5.74, 6) is -0.272. The van der Waals surface area contributed by atoms with E-state index in [1.54, 1.807) is 48.5 Å². The number of hydrogen-bond donors (Lipinski definition) is 0. The first kappa shape index (κ1) is 18.0. The van der Waals surface area contributed by atoms with Crippen LogP contribution in [0.1, 0.15) is 15.9 Å². The molecule has 0 atom stereocenters. The molecule has 0 spiro atoms. The molecule has 3 nitrogen and oxygen atoms in total. The largest absolute Gasteiger partial charge is 0.274 e. The first-order chi connectivity index (χ1) is 12.6. The van der Waals surface area contributed by atoms with Gasteiger partial charge in [-0.1, -0.05) is 65.7 Å². The van der Waals surface area contributed by atoms with E-state index >= 15 is 0 Å². The lowest BCUT2D eigenvalue weighted by Crippen LogP contribution is -2.27. The second-order valence-electron chi connectivity index (χ2n) is 5.54. The van der Waals surface area contributed by atoms with E-state index in [1.165, 1.54) is 4.90 Å². The predicted molar refractivity (Wildman–Crippen MR) is 105 cm³/mol. The number of anilines is 2. The van der Waals surface area contributed by atoms with Crippen molar-refractivity contribution in [2.75, 3.05) is 4.90 Å². The number of para-hydroxylation sites is 2. The van der Waals surface area contributed by atoms with E-state index in [0.717, 1.165) is 5.56 Å². The summed E-state index contributed by atoms with van der Waals surface area (Å²) in [6.07, 6.45) is 0.164. The number of carbonyl (C=O) groups excluding carboxylic acids is 1. The Bertz CT molecular complexity index is 961. The number of carbonyl (C=O) groups is 1. The Morgan fingerprint density at radius 3 is 2.15 bits per heavy atom. The van der Waals surface area contributed by atoms with Crippen LogP contribution in [0.4, 0.5) is 11.4 Å². The minimum atomic E-state index is -0.272. The van der Waals surface area contributed by atoms with Gasteiger partial charge in [-0.15, -0.1) is 0 Å². The number of nitriles is 1. The van der Waals surface area contributed by atoms with Gasteiger partial charge in [0.1, 0.15) is 0 Å². The van der Waals surface area contributed by atoms with Crippen molar-refractivity contribution in [3.8, 4) is 6.07 Å². The summed E-state index contributed by atoms with van der Waals surface area (Å²) in [6.45, 7) is 0. The zero-order valence-electron chi connectivity index (χ0n) is 13.7. The van der Waals surface area contributed by atoms with E-state index in [9.17, 15) is 4.79 Å². The lowest BCUT2D eigenvalue weighted by Gasteiger charge is -2.27. The Morgan fingerprint density at radius 2 is 1.50 bits per heavy atom. The molecular formula is C21H14Cl2N2O. The van der Waals surface area contributed by atoms with Crippen LogP contribution in [0.2, 0.25) is 10.0 Å². The van der Waals surface area contributed by atoms with Crippen LogP contribution in [0, 0.1) is 11.3 Å². The van der Waals surface area contributed by atoms with Gasteiger partial charge in [0.05, 0.1) is 33.9 Å². The number of hydrogen-bond acceptors (Lipinski definition) is 2. The average Bonchev–Trinajstić information content (AvgIpc) is 2.66. The van der Waals surface area contributed by atoms with Gasteiger partial charge in [0.25, 0.3) is 5.91 Å². The van der Waals surface area contributed by atoms with Gasteiger partial charge in [0.2, 0.25) is 0 Å². The van der Waals surface area contributed by atoms with Gasteiger partial charge in [0.15, 0.2) is 0 Å². The molecule has 3 rings (SSSR count). The SMILES string of the molecule is N#CCc1ccccc1N(C(=O)c1ccccc1)c1c(Cl)cccc1Cl. The normalized spacial score (nSPS) is 10.2. The Labute approximate surface area is 162 Å². The highest BCUT2D eigenvalue weighted by Crippen LogP contribution is 2.40. The third-order valence-electron chi connectivity index (χ3n) is 3.89. The number of halogens is 2. The molecule has 26 heavy (non-hydrogen) atoms. The van der Waals surface area contributed by atoms with Crippen LogP contribution in [0.25, 0.3) is 0 Å². The Balaban J connectivity index is 2.24. The number of nitrogens with zero attached hydrogens (tertiary/aromatic N) is 2. The Kier molecular flexibility index (Phi) is 5.58. The number of amides is 1. The minimum Gasteiger partial charge on any atom is -0.274 e. The van der Waals surface area contributed by atoms with Crippen molar-refractivity contribution in [3.05, 3.63) is 94.0 Å². The summed E-state index contributed by atoms with van der Waals surface area (Å²) >= 11 is 12.8. The highest BCUT2D eigenvalue weighted by atomic mass is 35.5. The summed E-state index contributed by atoms with van der Waals surface area (Å²) in [4.78, 5) is 14.8. The summed E-state index contributed by atoms with van der Waals surface area (Å²) < 4.78 is 0. The highest BCUT2D eigenvalue weighted by Gasteiger charge is 2.25. The molecule has 1 amide bonds. The molecule has 128 valence electrons. The van der Waals surface area contributed by atoms with Gasteiger partial charge >= 0.3 is 0 Å². The fourth-order valence-corrected chi connectivity index (χ4v) is 3.27. The summed E-state index contributed by atoms with van der Waals surface area (Å²) in [7, 11) is 0. The van der Waals surface area contributed by atoms with Crippen LogP contribution in [-0.2, 0) is 6.42 Å². The molecule has 0 N–H and O–H groups in total. The van der Waals surface area contributed by atoms with Crippen LogP contribution in [0.5, 0.6) is 0 Å². The molecular weight excluding hydrogens is 367 g/mol. The zero-order valence-corrected chi connectivity index (χ0v) is 15.2. The Morgan fingerprint density at radius 1 is 0.885 bits per heavy atom. The maximum absolute atomic E-state index is 13.3. The maximum Gasteiger partial charge on any atom is 0.262 e. The molecule has 0 saturated heterocycles. The molecule has 5 heteroatoms. The van der Waals surface area contributed by atoms with Crippen molar-refractivity contribution in [2.24, 2.45) is 0 Å². The van der Waals surface area contributed by atoms with Crippen molar-refractivity contribution in [1.82, 2.24) is 0 Å². The quantitative estimate of drug-likeness (QED) is 0.553. The van der Waals surface area contributed by atoms with Crippen LogP contribution >= 0.6 is 23.2 Å². The van der Waals surface area contributed by atoms with E-state index in [4.69, 9.17) is 28.5 Å². The van der Waals surface area contributed by atoms with Gasteiger partial charge in [-0.3, -0.25) is 9.69 Å². The maximum atomic E-state index is 13.3. The van der Waals surface area contributed by atoms with Crippen LogP contribution < -0.4 is 4.90 Å². The fourth-order valence-electron chi connectivity index (χ4n) is 2.71. The van der Waals surface area contributed by atoms with E-state index in [2.05, 4.69) is 6.07 Å². The molecule has 3 aromatic carbocycles. The lowest BCUT2D eigenvalue weighted by atomic mass is 10.1. The third kappa shape index (κ3) is 3.57. The molecule has 0 saturated carbocycles. The molecule has 0 aliphatic carbocycles. The van der Waals surface area contributed by atoms with E-state index in [-0.39, 0.29) is 12.3 Å². The number of rotatable bonds is 4. The van der Waals surface area contributed by atoms with Crippen LogP contribution in [0.3, 0.4) is 0 Å². The molecule has 0 bridgehead atoms. The van der Waals surface area contributed by atoms with Crippen molar-refractivity contribution in [3.63, 3.8) is 0 Å². The topological polar surface area (TPSA) is 44.1 Å². The fraction of sp³-hybridized carbons (Fsp3) is 0.0476. The van der Waals surface area contributed by atoms with E-state index in [0.29, 0.717) is 27.0 Å². The summed E-state index contributed by atoms with van der Waals surface area (Å²) in [6, 6.07) is 23.3. The summed E-state index contributed by atoms with van der Waals surface area (Å²) in [5, 5.41) is 9.87. The standard InChI is InChI=1S/C21H14Cl2N2O/c22-17-10-6-11-18(23)20(17)25(21(26)16-8-2-1-3-9-16)19-12-5-4-7-15(19)13-14-24/h1-12H,13H2. The Hall–Kier alpha value is -2.80. The summed E-state index contributed by atoms with van der Waals surface area (Å²) in [5.41, 5.74) is 2.19. The van der Waals surface area contributed by atoms with E-state index < -0.39 is 0 Å². The van der Waals surface area contributed by atoms with Gasteiger partial charge in [-0.05, 0) is 35.9 Å². The van der Waals surface area contributed by atoms with Crippen molar-refractivity contribution < 1.29 is 4.79 Å². The minimum absolute atomic E-state index is 0.164. The van der Waals surface area contributed by atoms with E-state index in [1.807, 2.05) is 24.3 Å². The molecule has 0 aromatic heterocycles. The molecule has 0 unspecified atom stereocenters.